The first-order valence-electron chi connectivity index (χ1n) is 8.51. The van der Waals surface area contributed by atoms with Crippen LogP contribution < -0.4 is 10.6 Å². The first-order chi connectivity index (χ1) is 9.83. The van der Waals surface area contributed by atoms with Gasteiger partial charge in [-0.2, -0.15) is 0 Å². The zero-order chi connectivity index (χ0) is 13.8. The molecule has 2 heterocycles. The molecule has 21 heavy (non-hydrogen) atoms. The minimum atomic E-state index is 0. The smallest absolute Gasteiger partial charge is 0.0623 e. The van der Waals surface area contributed by atoms with Crippen molar-refractivity contribution in [2.45, 2.75) is 69.7 Å². The van der Waals surface area contributed by atoms with Gasteiger partial charge in [0.1, 0.15) is 0 Å². The van der Waals surface area contributed by atoms with E-state index in [4.69, 9.17) is 9.47 Å². The molecule has 0 bridgehead atoms. The van der Waals surface area contributed by atoms with Gasteiger partial charge in [0.25, 0.3) is 0 Å². The molecule has 2 N–H and O–H groups in total. The van der Waals surface area contributed by atoms with Gasteiger partial charge < -0.3 is 20.1 Å². The molecule has 2 saturated heterocycles. The van der Waals surface area contributed by atoms with E-state index < -0.39 is 0 Å². The van der Waals surface area contributed by atoms with Crippen molar-refractivity contribution in [1.29, 1.82) is 0 Å². The van der Waals surface area contributed by atoms with Crippen molar-refractivity contribution in [2.75, 3.05) is 26.4 Å². The molecule has 3 fully saturated rings. The van der Waals surface area contributed by atoms with Gasteiger partial charge in [0.15, 0.2) is 0 Å². The molecule has 2 aliphatic heterocycles. The van der Waals surface area contributed by atoms with Gasteiger partial charge >= 0.3 is 0 Å². The first kappa shape index (κ1) is 17.5. The van der Waals surface area contributed by atoms with Crippen LogP contribution in [0.3, 0.4) is 0 Å². The Morgan fingerprint density at radius 3 is 2.81 bits per heavy atom. The van der Waals surface area contributed by atoms with Gasteiger partial charge in [-0.3, -0.25) is 0 Å². The van der Waals surface area contributed by atoms with E-state index >= 15 is 0 Å². The summed E-state index contributed by atoms with van der Waals surface area (Å²) in [5, 5.41) is 7.53. The van der Waals surface area contributed by atoms with E-state index in [1.807, 2.05) is 0 Å². The summed E-state index contributed by atoms with van der Waals surface area (Å²) in [7, 11) is 0. The number of hydrogen-bond donors (Lipinski definition) is 2. The molecule has 1 saturated carbocycles. The lowest BCUT2D eigenvalue weighted by molar-refractivity contribution is 0.0503. The second-order valence-electron chi connectivity index (χ2n) is 6.78. The Hall–Kier alpha value is 0.130. The van der Waals surface area contributed by atoms with Gasteiger partial charge in [-0.05, 0) is 44.9 Å². The van der Waals surface area contributed by atoms with Crippen LogP contribution in [0.4, 0.5) is 0 Å². The molecular formula is C16H31ClN2O2. The molecular weight excluding hydrogens is 288 g/mol. The molecule has 0 radical (unpaired) electrons. The van der Waals surface area contributed by atoms with Gasteiger partial charge in [0, 0.05) is 31.3 Å². The summed E-state index contributed by atoms with van der Waals surface area (Å²) >= 11 is 0. The third-order valence-corrected chi connectivity index (χ3v) is 5.18. The fraction of sp³-hybridized carbons (Fsp3) is 1.00. The van der Waals surface area contributed by atoms with E-state index in [2.05, 4.69) is 17.6 Å². The van der Waals surface area contributed by atoms with Crippen LogP contribution in [0, 0.1) is 5.92 Å². The average molecular weight is 319 g/mol. The molecule has 5 atom stereocenters. The minimum absolute atomic E-state index is 0. The van der Waals surface area contributed by atoms with E-state index in [-0.39, 0.29) is 12.4 Å². The van der Waals surface area contributed by atoms with Gasteiger partial charge in [0.05, 0.1) is 19.3 Å². The SMILES string of the molecule is CC(CC1CCCO1)NC1CCCC1C1COCCN1.Cl. The van der Waals surface area contributed by atoms with Crippen molar-refractivity contribution < 1.29 is 9.47 Å². The monoisotopic (exact) mass is 318 g/mol. The maximum atomic E-state index is 5.76. The minimum Gasteiger partial charge on any atom is -0.379 e. The highest BCUT2D eigenvalue weighted by Crippen LogP contribution is 2.30. The van der Waals surface area contributed by atoms with Crippen LogP contribution in [0.2, 0.25) is 0 Å². The quantitative estimate of drug-likeness (QED) is 0.815. The van der Waals surface area contributed by atoms with Crippen LogP contribution in [0.5, 0.6) is 0 Å². The van der Waals surface area contributed by atoms with Crippen LogP contribution in [0.25, 0.3) is 0 Å². The number of nitrogens with one attached hydrogen (secondary N) is 2. The normalized spacial score (nSPS) is 38.1. The second kappa shape index (κ2) is 8.68. The van der Waals surface area contributed by atoms with Crippen LogP contribution in [-0.2, 0) is 9.47 Å². The Morgan fingerprint density at radius 2 is 2.10 bits per heavy atom. The summed E-state index contributed by atoms with van der Waals surface area (Å²) in [6.45, 7) is 6.06. The lowest BCUT2D eigenvalue weighted by atomic mass is 9.93. The van der Waals surface area contributed by atoms with Crippen molar-refractivity contribution in [3.8, 4) is 0 Å². The number of halogens is 1. The molecule has 0 aromatic rings. The van der Waals surface area contributed by atoms with E-state index in [1.54, 1.807) is 0 Å². The summed E-state index contributed by atoms with van der Waals surface area (Å²) in [6, 6.07) is 1.78. The van der Waals surface area contributed by atoms with E-state index in [9.17, 15) is 0 Å². The summed E-state index contributed by atoms with van der Waals surface area (Å²) in [5.41, 5.74) is 0. The van der Waals surface area contributed by atoms with Gasteiger partial charge in [-0.25, -0.2) is 0 Å². The molecule has 0 amide bonds. The van der Waals surface area contributed by atoms with Crippen LogP contribution >= 0.6 is 12.4 Å². The number of ether oxygens (including phenoxy) is 2. The highest BCUT2D eigenvalue weighted by molar-refractivity contribution is 5.85. The lowest BCUT2D eigenvalue weighted by Gasteiger charge is -2.34. The van der Waals surface area contributed by atoms with Gasteiger partial charge in [-0.15, -0.1) is 12.4 Å². The molecule has 124 valence electrons. The largest absolute Gasteiger partial charge is 0.379 e. The maximum absolute atomic E-state index is 5.76. The van der Waals surface area contributed by atoms with E-state index in [0.29, 0.717) is 24.2 Å². The molecule has 0 aromatic heterocycles. The zero-order valence-electron chi connectivity index (χ0n) is 13.2. The molecule has 5 heteroatoms. The Balaban J connectivity index is 0.00000161. The topological polar surface area (TPSA) is 42.5 Å². The third-order valence-electron chi connectivity index (χ3n) is 5.18. The second-order valence-corrected chi connectivity index (χ2v) is 6.78. The van der Waals surface area contributed by atoms with Crippen molar-refractivity contribution in [3.05, 3.63) is 0 Å². The number of rotatable bonds is 5. The lowest BCUT2D eigenvalue weighted by Crippen LogP contribution is -2.52. The van der Waals surface area contributed by atoms with Crippen LogP contribution in [0.1, 0.15) is 45.4 Å². The molecule has 5 unspecified atom stereocenters. The fourth-order valence-electron chi connectivity index (χ4n) is 4.20. The highest BCUT2D eigenvalue weighted by atomic mass is 35.5. The van der Waals surface area contributed by atoms with Crippen LogP contribution in [-0.4, -0.2) is 50.6 Å². The predicted octanol–water partition coefficient (Wildman–Crippen LogP) is 2.11. The summed E-state index contributed by atoms with van der Waals surface area (Å²) in [4.78, 5) is 0. The van der Waals surface area contributed by atoms with Gasteiger partial charge in [-0.1, -0.05) is 6.42 Å². The Bertz CT molecular complexity index is 294. The first-order valence-corrected chi connectivity index (χ1v) is 8.51. The third kappa shape index (κ3) is 4.80. The molecule has 0 spiro atoms. The maximum Gasteiger partial charge on any atom is 0.0623 e. The van der Waals surface area contributed by atoms with Crippen LogP contribution in [0.15, 0.2) is 0 Å². The van der Waals surface area contributed by atoms with E-state index in [0.717, 1.165) is 38.7 Å². The summed E-state index contributed by atoms with van der Waals surface area (Å²) in [6.07, 6.45) is 8.16. The Kier molecular flexibility index (Phi) is 7.23. The Morgan fingerprint density at radius 1 is 1.19 bits per heavy atom. The number of hydrogen-bond acceptors (Lipinski definition) is 4. The summed E-state index contributed by atoms with van der Waals surface area (Å²) in [5.74, 6) is 0.738. The number of morpholine rings is 1. The van der Waals surface area contributed by atoms with E-state index in [1.165, 1.54) is 32.1 Å². The Labute approximate surface area is 135 Å². The van der Waals surface area contributed by atoms with Crippen molar-refractivity contribution >= 4 is 12.4 Å². The fourth-order valence-corrected chi connectivity index (χ4v) is 4.20. The molecule has 3 rings (SSSR count). The highest BCUT2D eigenvalue weighted by Gasteiger charge is 2.35. The standard InChI is InChI=1S/C16H30N2O2.ClH/c1-12(10-13-4-3-8-20-13)18-15-6-2-5-14(15)16-11-19-9-7-17-16;/h12-18H,2-11H2,1H3;1H. The molecule has 3 aliphatic rings. The molecule has 4 nitrogen and oxygen atoms in total. The van der Waals surface area contributed by atoms with Crippen molar-refractivity contribution in [1.82, 2.24) is 10.6 Å². The van der Waals surface area contributed by atoms with Crippen molar-refractivity contribution in [3.63, 3.8) is 0 Å². The predicted molar refractivity (Wildman–Crippen MR) is 87.2 cm³/mol. The molecule has 1 aliphatic carbocycles. The molecule has 0 aromatic carbocycles. The summed E-state index contributed by atoms with van der Waals surface area (Å²) < 4.78 is 11.4. The average Bonchev–Trinajstić information content (AvgIpc) is 3.11. The zero-order valence-corrected chi connectivity index (χ0v) is 14.0. The van der Waals surface area contributed by atoms with Crippen molar-refractivity contribution in [2.24, 2.45) is 5.92 Å². The van der Waals surface area contributed by atoms with Gasteiger partial charge in [0.2, 0.25) is 0 Å².